The van der Waals surface area contributed by atoms with Crippen molar-refractivity contribution in [3.05, 3.63) is 23.4 Å². The van der Waals surface area contributed by atoms with Gasteiger partial charge >= 0.3 is 5.97 Å². The van der Waals surface area contributed by atoms with Gasteiger partial charge in [0.15, 0.2) is 0 Å². The molecule has 0 aliphatic carbocycles. The second kappa shape index (κ2) is 5.71. The SMILES string of the molecule is CCCC1(C(=O)O)CCCN1c1cc(C(N)=O)cc(C)n1. The van der Waals surface area contributed by atoms with Crippen LogP contribution in [0.4, 0.5) is 5.82 Å². The third kappa shape index (κ3) is 2.70. The van der Waals surface area contributed by atoms with Gasteiger partial charge in [0.2, 0.25) is 5.91 Å². The van der Waals surface area contributed by atoms with Gasteiger partial charge in [-0.15, -0.1) is 0 Å². The van der Waals surface area contributed by atoms with E-state index in [4.69, 9.17) is 5.73 Å². The standard InChI is InChI=1S/C15H21N3O3/c1-3-5-15(14(20)21)6-4-7-18(15)12-9-11(13(16)19)8-10(2)17-12/h8-9H,3-7H2,1-2H3,(H2,16,19)(H,20,21). The van der Waals surface area contributed by atoms with Crippen molar-refractivity contribution < 1.29 is 14.7 Å². The summed E-state index contributed by atoms with van der Waals surface area (Å²) in [4.78, 5) is 29.5. The molecule has 114 valence electrons. The molecular formula is C15H21N3O3. The van der Waals surface area contributed by atoms with Gasteiger partial charge in [0.1, 0.15) is 11.4 Å². The molecular weight excluding hydrogens is 270 g/mol. The predicted octanol–water partition coefficient (Wildman–Crippen LogP) is 1.71. The monoisotopic (exact) mass is 291 g/mol. The van der Waals surface area contributed by atoms with Gasteiger partial charge in [-0.05, 0) is 38.3 Å². The van der Waals surface area contributed by atoms with E-state index in [0.29, 0.717) is 36.5 Å². The van der Waals surface area contributed by atoms with Crippen LogP contribution in [0.3, 0.4) is 0 Å². The van der Waals surface area contributed by atoms with E-state index in [0.717, 1.165) is 12.8 Å². The normalized spacial score (nSPS) is 21.5. The van der Waals surface area contributed by atoms with E-state index in [-0.39, 0.29) is 0 Å². The van der Waals surface area contributed by atoms with Gasteiger partial charge in [-0.3, -0.25) is 4.79 Å². The third-order valence-corrected chi connectivity index (χ3v) is 4.05. The number of amides is 1. The first-order valence-electron chi connectivity index (χ1n) is 7.20. The van der Waals surface area contributed by atoms with E-state index in [9.17, 15) is 14.7 Å². The fourth-order valence-electron chi connectivity index (χ4n) is 3.15. The minimum atomic E-state index is -0.926. The number of hydrogen-bond donors (Lipinski definition) is 2. The Hall–Kier alpha value is -2.11. The fraction of sp³-hybridized carbons (Fsp3) is 0.533. The first-order chi connectivity index (χ1) is 9.90. The smallest absolute Gasteiger partial charge is 0.329 e. The van der Waals surface area contributed by atoms with Crippen molar-refractivity contribution in [2.75, 3.05) is 11.4 Å². The van der Waals surface area contributed by atoms with Gasteiger partial charge in [0, 0.05) is 17.8 Å². The average molecular weight is 291 g/mol. The fourth-order valence-corrected chi connectivity index (χ4v) is 3.15. The van der Waals surface area contributed by atoms with Crippen molar-refractivity contribution in [3.8, 4) is 0 Å². The number of pyridine rings is 1. The summed E-state index contributed by atoms with van der Waals surface area (Å²) in [5.41, 5.74) is 5.43. The van der Waals surface area contributed by atoms with E-state index in [1.807, 2.05) is 11.8 Å². The third-order valence-electron chi connectivity index (χ3n) is 4.05. The first kappa shape index (κ1) is 15.3. The molecule has 1 aliphatic rings. The molecule has 1 fully saturated rings. The van der Waals surface area contributed by atoms with Gasteiger partial charge in [-0.1, -0.05) is 13.3 Å². The molecule has 1 aromatic heterocycles. The molecule has 0 saturated carbocycles. The molecule has 21 heavy (non-hydrogen) atoms. The summed E-state index contributed by atoms with van der Waals surface area (Å²) in [5, 5.41) is 9.71. The van der Waals surface area contributed by atoms with Gasteiger partial charge in [-0.2, -0.15) is 0 Å². The number of carboxylic acid groups (broad SMARTS) is 1. The minimum absolute atomic E-state index is 0.361. The zero-order chi connectivity index (χ0) is 15.6. The molecule has 1 unspecified atom stereocenters. The highest BCUT2D eigenvalue weighted by Gasteiger charge is 2.47. The number of rotatable bonds is 5. The highest BCUT2D eigenvalue weighted by atomic mass is 16.4. The Morgan fingerprint density at radius 1 is 1.48 bits per heavy atom. The number of primary amides is 1. The largest absolute Gasteiger partial charge is 0.479 e. The predicted molar refractivity (Wildman–Crippen MR) is 79.3 cm³/mol. The molecule has 0 aromatic carbocycles. The summed E-state index contributed by atoms with van der Waals surface area (Å²) < 4.78 is 0. The topological polar surface area (TPSA) is 96.5 Å². The molecule has 3 N–H and O–H groups in total. The Balaban J connectivity index is 2.48. The number of carbonyl (C=O) groups is 2. The number of carbonyl (C=O) groups excluding carboxylic acids is 1. The van der Waals surface area contributed by atoms with Gasteiger partial charge < -0.3 is 15.7 Å². The molecule has 1 saturated heterocycles. The number of hydrogen-bond acceptors (Lipinski definition) is 4. The van der Waals surface area contributed by atoms with E-state index < -0.39 is 17.4 Å². The van der Waals surface area contributed by atoms with Crippen molar-refractivity contribution in [2.24, 2.45) is 5.73 Å². The zero-order valence-corrected chi connectivity index (χ0v) is 12.4. The molecule has 1 atom stereocenters. The second-order valence-corrected chi connectivity index (χ2v) is 5.56. The molecule has 2 heterocycles. The molecule has 2 rings (SSSR count). The number of anilines is 1. The maximum Gasteiger partial charge on any atom is 0.329 e. The van der Waals surface area contributed by atoms with Crippen LogP contribution < -0.4 is 10.6 Å². The van der Waals surface area contributed by atoms with E-state index in [2.05, 4.69) is 4.98 Å². The highest BCUT2D eigenvalue weighted by molar-refractivity contribution is 5.94. The summed E-state index contributed by atoms with van der Waals surface area (Å²) >= 11 is 0. The number of carboxylic acids is 1. The Kier molecular flexibility index (Phi) is 4.16. The van der Waals surface area contributed by atoms with Gasteiger partial charge in [-0.25, -0.2) is 9.78 Å². The van der Waals surface area contributed by atoms with Gasteiger partial charge in [0.05, 0.1) is 0 Å². The van der Waals surface area contributed by atoms with Crippen molar-refractivity contribution in [1.82, 2.24) is 4.98 Å². The Labute approximate surface area is 124 Å². The van der Waals surface area contributed by atoms with Crippen LogP contribution in [0.2, 0.25) is 0 Å². The number of aliphatic carboxylic acids is 1. The molecule has 6 nitrogen and oxygen atoms in total. The Morgan fingerprint density at radius 3 is 2.76 bits per heavy atom. The molecule has 6 heteroatoms. The molecule has 0 radical (unpaired) electrons. The quantitative estimate of drug-likeness (QED) is 0.861. The Morgan fingerprint density at radius 2 is 2.19 bits per heavy atom. The van der Waals surface area contributed by atoms with Crippen molar-refractivity contribution in [1.29, 1.82) is 0 Å². The van der Waals surface area contributed by atoms with E-state index in [1.165, 1.54) is 0 Å². The average Bonchev–Trinajstić information content (AvgIpc) is 2.83. The lowest BCUT2D eigenvalue weighted by atomic mass is 9.90. The Bertz CT molecular complexity index is 573. The van der Waals surface area contributed by atoms with Gasteiger partial charge in [0.25, 0.3) is 0 Å². The number of aromatic nitrogens is 1. The summed E-state index contributed by atoms with van der Waals surface area (Å²) in [5.74, 6) is -0.833. The van der Waals surface area contributed by atoms with Crippen LogP contribution in [0.5, 0.6) is 0 Å². The van der Waals surface area contributed by atoms with Crippen LogP contribution in [-0.2, 0) is 4.79 Å². The molecule has 0 spiro atoms. The lowest BCUT2D eigenvalue weighted by Gasteiger charge is -2.35. The zero-order valence-electron chi connectivity index (χ0n) is 12.4. The van der Waals surface area contributed by atoms with Crippen molar-refractivity contribution >= 4 is 17.7 Å². The lowest BCUT2D eigenvalue weighted by molar-refractivity contribution is -0.143. The maximum atomic E-state index is 11.8. The minimum Gasteiger partial charge on any atom is -0.479 e. The van der Waals surface area contributed by atoms with Crippen LogP contribution in [0.25, 0.3) is 0 Å². The van der Waals surface area contributed by atoms with E-state index >= 15 is 0 Å². The molecule has 1 aromatic rings. The van der Waals surface area contributed by atoms with Crippen molar-refractivity contribution in [3.63, 3.8) is 0 Å². The molecule has 0 bridgehead atoms. The first-order valence-corrected chi connectivity index (χ1v) is 7.20. The number of aryl methyl sites for hydroxylation is 1. The second-order valence-electron chi connectivity index (χ2n) is 5.56. The number of nitrogens with zero attached hydrogens (tertiary/aromatic N) is 2. The van der Waals surface area contributed by atoms with Crippen LogP contribution in [0, 0.1) is 6.92 Å². The summed E-state index contributed by atoms with van der Waals surface area (Å²) in [7, 11) is 0. The highest BCUT2D eigenvalue weighted by Crippen LogP contribution is 2.37. The van der Waals surface area contributed by atoms with Crippen LogP contribution in [-0.4, -0.2) is 34.1 Å². The van der Waals surface area contributed by atoms with Crippen LogP contribution >= 0.6 is 0 Å². The van der Waals surface area contributed by atoms with Crippen LogP contribution in [0.1, 0.15) is 48.7 Å². The molecule has 1 amide bonds. The summed E-state index contributed by atoms with van der Waals surface area (Å²) in [6, 6.07) is 3.21. The lowest BCUT2D eigenvalue weighted by Crippen LogP contribution is -2.51. The molecule has 1 aliphatic heterocycles. The van der Waals surface area contributed by atoms with Crippen molar-refractivity contribution in [2.45, 2.75) is 45.1 Å². The summed E-state index contributed by atoms with van der Waals surface area (Å²) in [6.07, 6.45) is 2.73. The summed E-state index contributed by atoms with van der Waals surface area (Å²) in [6.45, 7) is 4.37. The van der Waals surface area contributed by atoms with E-state index in [1.54, 1.807) is 19.1 Å². The van der Waals surface area contributed by atoms with Crippen LogP contribution in [0.15, 0.2) is 12.1 Å². The maximum absolute atomic E-state index is 11.8. The number of nitrogens with two attached hydrogens (primary N) is 1.